The lowest BCUT2D eigenvalue weighted by Gasteiger charge is -2.65. The van der Waals surface area contributed by atoms with Crippen LogP contribution in [0.3, 0.4) is 0 Å². The van der Waals surface area contributed by atoms with Gasteiger partial charge in [-0.1, -0.05) is 25.1 Å². The van der Waals surface area contributed by atoms with Crippen LogP contribution in [-0.2, 0) is 21.0 Å². The molecule has 0 radical (unpaired) electrons. The standard InChI is InChI=1S/C28H36FN3O6/c1-14-18(15(2)37-31-14)12-32-11-16-7-22-26(4,28(16,38-32)23(36)13-33)10-21(35)24-25(3)6-5-17(34)8-19(25)20(29)9-27(22,24)30/h5-6,8,16,20-22,24,33,35H,7,9-13,30H2,1-4H3/t16-,20-,21?,22?,24?,25?,26?,27+,28-/m0/s1. The number of hydrogen-bond acceptors (Lipinski definition) is 9. The van der Waals surface area contributed by atoms with Crippen molar-refractivity contribution >= 4 is 11.6 Å². The van der Waals surface area contributed by atoms with Crippen LogP contribution in [-0.4, -0.2) is 68.6 Å². The Morgan fingerprint density at radius 3 is 2.71 bits per heavy atom. The number of rotatable bonds is 4. The van der Waals surface area contributed by atoms with E-state index in [0.29, 0.717) is 30.8 Å². The number of nitrogens with two attached hydrogens (primary N) is 1. The second-order valence-electron chi connectivity index (χ2n) is 12.6. The van der Waals surface area contributed by atoms with E-state index in [-0.39, 0.29) is 30.5 Å². The molecular formula is C28H36FN3O6. The minimum Gasteiger partial charge on any atom is -0.393 e. The first-order chi connectivity index (χ1) is 17.8. The molecule has 1 saturated heterocycles. The van der Waals surface area contributed by atoms with Crippen molar-refractivity contribution in [3.05, 3.63) is 40.8 Å². The topological polar surface area (TPSA) is 139 Å². The van der Waals surface area contributed by atoms with Gasteiger partial charge in [-0.2, -0.15) is 5.06 Å². The number of halogens is 1. The molecule has 1 aromatic rings. The van der Waals surface area contributed by atoms with E-state index in [1.54, 1.807) is 11.1 Å². The third kappa shape index (κ3) is 3.06. The molecule has 4 fully saturated rings. The third-order valence-corrected chi connectivity index (χ3v) is 10.8. The fourth-order valence-electron chi connectivity index (χ4n) is 9.32. The maximum Gasteiger partial charge on any atom is 0.192 e. The molecule has 4 N–H and O–H groups in total. The Hall–Kier alpha value is -2.24. The number of hydroxylamine groups is 2. The summed E-state index contributed by atoms with van der Waals surface area (Å²) in [6.07, 6.45) is 2.67. The van der Waals surface area contributed by atoms with Gasteiger partial charge in [-0.25, -0.2) is 4.39 Å². The zero-order valence-corrected chi connectivity index (χ0v) is 22.2. The van der Waals surface area contributed by atoms with Gasteiger partial charge in [-0.3, -0.25) is 14.4 Å². The van der Waals surface area contributed by atoms with Crippen LogP contribution >= 0.6 is 0 Å². The number of Topliss-reactive ketones (excluding diaryl/α,β-unsaturated/α-hetero) is 1. The summed E-state index contributed by atoms with van der Waals surface area (Å²) in [5.74, 6) is -1.27. The predicted molar refractivity (Wildman–Crippen MR) is 133 cm³/mol. The van der Waals surface area contributed by atoms with Gasteiger partial charge in [0.1, 0.15) is 18.5 Å². The Morgan fingerprint density at radius 1 is 1.32 bits per heavy atom. The summed E-state index contributed by atoms with van der Waals surface area (Å²) in [4.78, 5) is 32.3. The number of alkyl halides is 1. The Bertz CT molecular complexity index is 1260. The summed E-state index contributed by atoms with van der Waals surface area (Å²) in [5, 5.41) is 27.6. The van der Waals surface area contributed by atoms with Crippen LogP contribution in [0.4, 0.5) is 4.39 Å². The third-order valence-electron chi connectivity index (χ3n) is 10.8. The lowest BCUT2D eigenvalue weighted by atomic mass is 9.43. The normalized spacial score (nSPS) is 45.8. The molecule has 3 saturated carbocycles. The van der Waals surface area contributed by atoms with Gasteiger partial charge in [0.15, 0.2) is 17.2 Å². The van der Waals surface area contributed by atoms with Gasteiger partial charge in [-0.05, 0) is 50.3 Å². The lowest BCUT2D eigenvalue weighted by molar-refractivity contribution is -0.257. The molecule has 0 amide bonds. The van der Waals surface area contributed by atoms with Gasteiger partial charge in [0.25, 0.3) is 0 Å². The number of fused-ring (bicyclic) bond motifs is 7. The van der Waals surface area contributed by atoms with E-state index in [1.807, 2.05) is 27.7 Å². The van der Waals surface area contributed by atoms with Crippen molar-refractivity contribution in [2.75, 3.05) is 13.2 Å². The summed E-state index contributed by atoms with van der Waals surface area (Å²) in [7, 11) is 0. The van der Waals surface area contributed by atoms with Gasteiger partial charge in [0.05, 0.1) is 18.3 Å². The molecule has 1 aliphatic heterocycles. The number of nitrogens with zero attached hydrogens (tertiary/aromatic N) is 2. The Kier molecular flexibility index (Phi) is 5.57. The van der Waals surface area contributed by atoms with Crippen molar-refractivity contribution < 1.29 is 33.6 Å². The first-order valence-electron chi connectivity index (χ1n) is 13.4. The van der Waals surface area contributed by atoms with E-state index in [1.165, 1.54) is 12.2 Å². The predicted octanol–water partition coefficient (Wildman–Crippen LogP) is 1.87. The summed E-state index contributed by atoms with van der Waals surface area (Å²) in [5.41, 5.74) is 4.73. The molecule has 5 aliphatic rings. The fourth-order valence-corrected chi connectivity index (χ4v) is 9.32. The number of aryl methyl sites for hydroxylation is 2. The summed E-state index contributed by atoms with van der Waals surface area (Å²) >= 11 is 0. The Balaban J connectivity index is 1.41. The summed E-state index contributed by atoms with van der Waals surface area (Å²) < 4.78 is 21.1. The van der Waals surface area contributed by atoms with Crippen molar-refractivity contribution in [3.63, 3.8) is 0 Å². The van der Waals surface area contributed by atoms with Gasteiger partial charge in [0, 0.05) is 46.7 Å². The average Bonchev–Trinajstić information content (AvgIpc) is 3.45. The van der Waals surface area contributed by atoms with Crippen LogP contribution in [0, 0.1) is 42.4 Å². The molecule has 206 valence electrons. The molecule has 0 spiro atoms. The number of aromatic nitrogens is 1. The van der Waals surface area contributed by atoms with Crippen LogP contribution in [0.2, 0.25) is 0 Å². The van der Waals surface area contributed by atoms with E-state index >= 15 is 4.39 Å². The van der Waals surface area contributed by atoms with E-state index in [0.717, 1.165) is 11.3 Å². The van der Waals surface area contributed by atoms with Crippen molar-refractivity contribution in [1.29, 1.82) is 0 Å². The molecule has 9 atom stereocenters. The zero-order valence-electron chi connectivity index (χ0n) is 22.2. The van der Waals surface area contributed by atoms with E-state index in [2.05, 4.69) is 5.16 Å². The van der Waals surface area contributed by atoms with Crippen LogP contribution in [0.5, 0.6) is 0 Å². The number of carbonyl (C=O) groups excluding carboxylic acids is 2. The van der Waals surface area contributed by atoms with Crippen molar-refractivity contribution in [1.82, 2.24) is 10.2 Å². The average molecular weight is 530 g/mol. The first-order valence-corrected chi connectivity index (χ1v) is 13.4. The quantitative estimate of drug-likeness (QED) is 0.533. The van der Waals surface area contributed by atoms with Gasteiger partial charge < -0.3 is 20.5 Å². The molecule has 9 nitrogen and oxygen atoms in total. The number of allylic oxidation sites excluding steroid dienone is 4. The second-order valence-corrected chi connectivity index (χ2v) is 12.6. The molecule has 0 aromatic carbocycles. The molecule has 2 heterocycles. The molecule has 1 aromatic heterocycles. The molecule has 6 rings (SSSR count). The molecule has 4 aliphatic carbocycles. The Morgan fingerprint density at radius 2 is 2.05 bits per heavy atom. The van der Waals surface area contributed by atoms with Crippen molar-refractivity contribution in [3.8, 4) is 0 Å². The monoisotopic (exact) mass is 529 g/mol. The number of aliphatic hydroxyl groups is 2. The van der Waals surface area contributed by atoms with Crippen LogP contribution in [0.1, 0.15) is 50.1 Å². The van der Waals surface area contributed by atoms with Crippen LogP contribution in [0.15, 0.2) is 28.3 Å². The Labute approximate surface area is 220 Å². The molecule has 10 heteroatoms. The van der Waals surface area contributed by atoms with Gasteiger partial charge >= 0.3 is 0 Å². The first kappa shape index (κ1) is 26.0. The van der Waals surface area contributed by atoms with E-state index in [4.69, 9.17) is 15.1 Å². The maximum atomic E-state index is 15.8. The minimum absolute atomic E-state index is 0.0591. The van der Waals surface area contributed by atoms with Crippen molar-refractivity contribution in [2.45, 2.75) is 76.9 Å². The highest BCUT2D eigenvalue weighted by atomic mass is 19.1. The summed E-state index contributed by atoms with van der Waals surface area (Å²) in [6.45, 7) is 7.47. The van der Waals surface area contributed by atoms with Gasteiger partial charge in [0.2, 0.25) is 0 Å². The highest BCUT2D eigenvalue weighted by molar-refractivity contribution is 6.01. The zero-order chi connectivity index (χ0) is 27.4. The van der Waals surface area contributed by atoms with E-state index in [9.17, 15) is 19.8 Å². The van der Waals surface area contributed by atoms with Crippen LogP contribution in [0.25, 0.3) is 0 Å². The maximum absolute atomic E-state index is 15.8. The van der Waals surface area contributed by atoms with E-state index < -0.39 is 52.6 Å². The lowest BCUT2D eigenvalue weighted by Crippen LogP contribution is -2.74. The minimum atomic E-state index is -1.45. The second kappa shape index (κ2) is 8.14. The van der Waals surface area contributed by atoms with Gasteiger partial charge in [-0.15, -0.1) is 0 Å². The summed E-state index contributed by atoms with van der Waals surface area (Å²) in [6, 6.07) is 0. The molecular weight excluding hydrogens is 493 g/mol. The SMILES string of the molecule is Cc1noc(C)c1CN1C[C@@H]2CC3C(C)(CC(O)C4C5(C)C=CC(=O)C=C5[C@@H](F)C[C@]43N)[C@]2(C(=O)CO)O1. The number of hydrogen-bond donors (Lipinski definition) is 3. The largest absolute Gasteiger partial charge is 0.393 e. The molecule has 5 unspecified atom stereocenters. The number of ketones is 2. The van der Waals surface area contributed by atoms with Crippen molar-refractivity contribution in [2.24, 2.45) is 34.3 Å². The number of carbonyl (C=O) groups is 2. The highest BCUT2D eigenvalue weighted by Crippen LogP contribution is 2.71. The molecule has 0 bridgehead atoms. The van der Waals surface area contributed by atoms with Crippen LogP contribution < -0.4 is 5.73 Å². The smallest absolute Gasteiger partial charge is 0.192 e. The molecule has 38 heavy (non-hydrogen) atoms. The fraction of sp³-hybridized carbons (Fsp3) is 0.679. The number of aliphatic hydroxyl groups excluding tert-OH is 2. The highest BCUT2D eigenvalue weighted by Gasteiger charge is 2.78.